The van der Waals surface area contributed by atoms with Crippen LogP contribution in [0, 0.1) is 5.92 Å². The molecule has 1 fully saturated rings. The van der Waals surface area contributed by atoms with Crippen LogP contribution in [0.1, 0.15) is 25.5 Å². The number of hydrogen-bond acceptors (Lipinski definition) is 5. The Hall–Kier alpha value is -2.82. The normalized spacial score (nSPS) is 17.3. The smallest absolute Gasteiger partial charge is 0.225 e. The quantitative estimate of drug-likeness (QED) is 0.731. The van der Waals surface area contributed by atoms with Crippen molar-refractivity contribution in [3.63, 3.8) is 0 Å². The minimum atomic E-state index is 0.571. The van der Waals surface area contributed by atoms with Crippen LogP contribution in [0.3, 0.4) is 0 Å². The van der Waals surface area contributed by atoms with Crippen molar-refractivity contribution in [2.45, 2.75) is 26.3 Å². The van der Waals surface area contributed by atoms with E-state index in [1.54, 1.807) is 6.26 Å². The van der Waals surface area contributed by atoms with Gasteiger partial charge in [-0.05, 0) is 30.9 Å². The highest BCUT2D eigenvalue weighted by Crippen LogP contribution is 2.27. The second kappa shape index (κ2) is 7.60. The number of rotatable bonds is 5. The molecule has 3 aromatic rings. The van der Waals surface area contributed by atoms with Gasteiger partial charge in [-0.1, -0.05) is 37.3 Å². The van der Waals surface area contributed by atoms with Crippen LogP contribution in [0.15, 0.2) is 59.2 Å². The van der Waals surface area contributed by atoms with Crippen LogP contribution in [-0.4, -0.2) is 23.1 Å². The van der Waals surface area contributed by atoms with Crippen LogP contribution >= 0.6 is 0 Å². The Kier molecular flexibility index (Phi) is 4.86. The molecule has 3 heterocycles. The summed E-state index contributed by atoms with van der Waals surface area (Å²) in [4.78, 5) is 11.9. The van der Waals surface area contributed by atoms with Gasteiger partial charge in [-0.15, -0.1) is 0 Å². The molecule has 5 heteroatoms. The lowest BCUT2D eigenvalue weighted by molar-refractivity contribution is 0.444. The van der Waals surface area contributed by atoms with E-state index in [1.807, 2.05) is 30.3 Å². The summed E-state index contributed by atoms with van der Waals surface area (Å²) in [5, 5.41) is 3.31. The number of benzene rings is 1. The summed E-state index contributed by atoms with van der Waals surface area (Å²) in [7, 11) is 0. The van der Waals surface area contributed by atoms with E-state index < -0.39 is 0 Å². The summed E-state index contributed by atoms with van der Waals surface area (Å²) in [6, 6.07) is 16.2. The number of nitrogens with one attached hydrogen (secondary N) is 1. The molecule has 2 aromatic heterocycles. The third-order valence-corrected chi connectivity index (χ3v) is 4.76. The summed E-state index contributed by atoms with van der Waals surface area (Å²) < 4.78 is 5.40. The molecule has 1 N–H and O–H groups in total. The van der Waals surface area contributed by atoms with Crippen molar-refractivity contribution in [1.82, 2.24) is 9.97 Å². The van der Waals surface area contributed by atoms with E-state index in [4.69, 9.17) is 14.4 Å². The number of anilines is 2. The van der Waals surface area contributed by atoms with Crippen LogP contribution in [-0.2, 0) is 6.54 Å². The summed E-state index contributed by atoms with van der Waals surface area (Å²) in [6.45, 7) is 4.97. The van der Waals surface area contributed by atoms with Crippen molar-refractivity contribution in [3.8, 4) is 11.3 Å². The fourth-order valence-corrected chi connectivity index (χ4v) is 3.41. The first kappa shape index (κ1) is 16.6. The van der Waals surface area contributed by atoms with Crippen LogP contribution < -0.4 is 10.2 Å². The van der Waals surface area contributed by atoms with E-state index in [0.717, 1.165) is 35.9 Å². The van der Waals surface area contributed by atoms with Gasteiger partial charge in [-0.25, -0.2) is 4.98 Å². The topological polar surface area (TPSA) is 54.2 Å². The lowest BCUT2D eigenvalue weighted by Gasteiger charge is -2.32. The molecule has 0 aliphatic carbocycles. The zero-order chi connectivity index (χ0) is 17.8. The molecule has 0 radical (unpaired) electrons. The Morgan fingerprint density at radius 1 is 1.15 bits per heavy atom. The molecule has 26 heavy (non-hydrogen) atoms. The molecule has 1 atom stereocenters. The van der Waals surface area contributed by atoms with Gasteiger partial charge in [0.05, 0.1) is 18.5 Å². The van der Waals surface area contributed by atoms with Crippen LogP contribution in [0.25, 0.3) is 11.3 Å². The summed E-state index contributed by atoms with van der Waals surface area (Å²) in [5.74, 6) is 3.19. The molecule has 0 spiro atoms. The fraction of sp³-hybridized carbons (Fsp3) is 0.333. The molecule has 1 saturated heterocycles. The first-order valence-corrected chi connectivity index (χ1v) is 9.23. The van der Waals surface area contributed by atoms with E-state index >= 15 is 0 Å². The highest BCUT2D eigenvalue weighted by molar-refractivity contribution is 5.64. The Bertz CT molecular complexity index is 832. The summed E-state index contributed by atoms with van der Waals surface area (Å²) in [6.07, 6.45) is 4.18. The molecule has 1 aromatic carbocycles. The molecule has 0 amide bonds. The van der Waals surface area contributed by atoms with E-state index in [2.05, 4.69) is 35.3 Å². The third kappa shape index (κ3) is 3.87. The van der Waals surface area contributed by atoms with Gasteiger partial charge in [-0.3, -0.25) is 0 Å². The Morgan fingerprint density at radius 3 is 2.81 bits per heavy atom. The molecular weight excluding hydrogens is 324 g/mol. The third-order valence-electron chi connectivity index (χ3n) is 4.76. The highest BCUT2D eigenvalue weighted by atomic mass is 16.3. The monoisotopic (exact) mass is 348 g/mol. The van der Waals surface area contributed by atoms with Gasteiger partial charge in [0.1, 0.15) is 11.6 Å². The minimum Gasteiger partial charge on any atom is -0.467 e. The van der Waals surface area contributed by atoms with Crippen molar-refractivity contribution in [3.05, 3.63) is 60.6 Å². The van der Waals surface area contributed by atoms with E-state index in [0.29, 0.717) is 18.4 Å². The first-order chi connectivity index (χ1) is 12.8. The maximum absolute atomic E-state index is 5.40. The molecule has 1 aliphatic rings. The standard InChI is InChI=1S/C21H24N4O/c1-16-7-5-11-25(15-16)20-13-19(17-8-3-2-4-9-17)23-21(24-20)22-14-18-10-6-12-26-18/h2-4,6,8-10,12-13,16H,5,7,11,14-15H2,1H3,(H,22,23,24). The predicted octanol–water partition coefficient (Wildman–Crippen LogP) is 4.59. The Labute approximate surface area is 154 Å². The van der Waals surface area contributed by atoms with Crippen molar-refractivity contribution >= 4 is 11.8 Å². The SMILES string of the molecule is CC1CCCN(c2cc(-c3ccccc3)nc(NCc3ccco3)n2)C1. The Balaban J connectivity index is 1.64. The van der Waals surface area contributed by atoms with Crippen molar-refractivity contribution in [2.24, 2.45) is 5.92 Å². The molecular formula is C21H24N4O. The van der Waals surface area contributed by atoms with Gasteiger partial charge in [0.2, 0.25) is 5.95 Å². The number of aromatic nitrogens is 2. The second-order valence-corrected chi connectivity index (χ2v) is 6.93. The average Bonchev–Trinajstić information content (AvgIpc) is 3.20. The minimum absolute atomic E-state index is 0.571. The Morgan fingerprint density at radius 2 is 2.04 bits per heavy atom. The molecule has 4 rings (SSSR count). The summed E-state index contributed by atoms with van der Waals surface area (Å²) >= 11 is 0. The predicted molar refractivity (Wildman–Crippen MR) is 104 cm³/mol. The van der Waals surface area contributed by atoms with Gasteiger partial charge >= 0.3 is 0 Å². The van der Waals surface area contributed by atoms with Crippen molar-refractivity contribution in [1.29, 1.82) is 0 Å². The number of hydrogen-bond donors (Lipinski definition) is 1. The molecule has 1 unspecified atom stereocenters. The van der Waals surface area contributed by atoms with E-state index in [9.17, 15) is 0 Å². The fourth-order valence-electron chi connectivity index (χ4n) is 3.41. The lowest BCUT2D eigenvalue weighted by Crippen LogP contribution is -2.35. The highest BCUT2D eigenvalue weighted by Gasteiger charge is 2.19. The van der Waals surface area contributed by atoms with Gasteiger partial charge in [0.25, 0.3) is 0 Å². The van der Waals surface area contributed by atoms with Crippen LogP contribution in [0.5, 0.6) is 0 Å². The van der Waals surface area contributed by atoms with E-state index in [1.165, 1.54) is 12.8 Å². The summed E-state index contributed by atoms with van der Waals surface area (Å²) in [5.41, 5.74) is 2.04. The molecule has 1 aliphatic heterocycles. The van der Waals surface area contributed by atoms with Gasteiger partial charge in [-0.2, -0.15) is 4.98 Å². The lowest BCUT2D eigenvalue weighted by atomic mass is 10.0. The maximum Gasteiger partial charge on any atom is 0.225 e. The molecule has 5 nitrogen and oxygen atoms in total. The number of furan rings is 1. The maximum atomic E-state index is 5.40. The average molecular weight is 348 g/mol. The number of piperidine rings is 1. The second-order valence-electron chi connectivity index (χ2n) is 6.93. The van der Waals surface area contributed by atoms with Crippen LogP contribution in [0.4, 0.5) is 11.8 Å². The largest absolute Gasteiger partial charge is 0.467 e. The van der Waals surface area contributed by atoms with Crippen molar-refractivity contribution < 1.29 is 4.42 Å². The zero-order valence-electron chi connectivity index (χ0n) is 15.1. The van der Waals surface area contributed by atoms with E-state index in [-0.39, 0.29) is 0 Å². The zero-order valence-corrected chi connectivity index (χ0v) is 15.1. The van der Waals surface area contributed by atoms with Crippen molar-refractivity contribution in [2.75, 3.05) is 23.3 Å². The van der Waals surface area contributed by atoms with Gasteiger partial charge in [0, 0.05) is 24.7 Å². The number of nitrogens with zero attached hydrogens (tertiary/aromatic N) is 3. The van der Waals surface area contributed by atoms with Gasteiger partial charge < -0.3 is 14.6 Å². The molecule has 0 saturated carbocycles. The molecule has 0 bridgehead atoms. The first-order valence-electron chi connectivity index (χ1n) is 9.23. The van der Waals surface area contributed by atoms with Gasteiger partial charge in [0.15, 0.2) is 0 Å². The van der Waals surface area contributed by atoms with Crippen LogP contribution in [0.2, 0.25) is 0 Å². The molecule has 134 valence electrons.